The minimum Gasteiger partial charge on any atom is -0.256 e. The smallest absolute Gasteiger partial charge is 0.164 e. The first-order chi connectivity index (χ1) is 29.7. The molecule has 0 amide bonds. The first kappa shape index (κ1) is 35.1. The summed E-state index contributed by atoms with van der Waals surface area (Å²) in [6, 6.07) is 74.6. The minimum atomic E-state index is 0.610. The number of nitrogens with zero attached hydrogens (tertiary/aromatic N) is 4. The summed E-state index contributed by atoms with van der Waals surface area (Å²) in [5.74, 6) is 1.87. The molecule has 0 bridgehead atoms. The lowest BCUT2D eigenvalue weighted by Crippen LogP contribution is -2.01. The summed E-state index contributed by atoms with van der Waals surface area (Å²) in [7, 11) is 0. The van der Waals surface area contributed by atoms with E-state index in [4.69, 9.17) is 19.9 Å². The van der Waals surface area contributed by atoms with Gasteiger partial charge in [0.15, 0.2) is 17.5 Å². The molecule has 0 radical (unpaired) electrons. The van der Waals surface area contributed by atoms with E-state index in [9.17, 15) is 0 Å². The normalized spacial score (nSPS) is 11.3. The maximum Gasteiger partial charge on any atom is 0.164 e. The molecule has 11 rings (SSSR count). The van der Waals surface area contributed by atoms with Crippen LogP contribution in [-0.2, 0) is 0 Å². The second-order valence-corrected chi connectivity index (χ2v) is 15.0. The van der Waals surface area contributed by atoms with Gasteiger partial charge in [-0.3, -0.25) is 4.98 Å². The quantitative estimate of drug-likeness (QED) is 0.162. The van der Waals surface area contributed by atoms with E-state index in [1.165, 1.54) is 10.8 Å². The first-order valence-corrected chi connectivity index (χ1v) is 20.2. The van der Waals surface area contributed by atoms with E-state index in [2.05, 4.69) is 200 Å². The summed E-state index contributed by atoms with van der Waals surface area (Å²) in [6.45, 7) is 0. The summed E-state index contributed by atoms with van der Waals surface area (Å²) in [5, 5.41) is 6.83. The summed E-state index contributed by atoms with van der Waals surface area (Å²) >= 11 is 0. The van der Waals surface area contributed by atoms with Crippen LogP contribution in [0.4, 0.5) is 0 Å². The number of hydrogen-bond donors (Lipinski definition) is 0. The largest absolute Gasteiger partial charge is 0.256 e. The van der Waals surface area contributed by atoms with Gasteiger partial charge in [-0.15, -0.1) is 0 Å². The molecule has 2 aromatic heterocycles. The second kappa shape index (κ2) is 15.0. The van der Waals surface area contributed by atoms with Crippen molar-refractivity contribution in [2.24, 2.45) is 0 Å². The average molecular weight is 765 g/mol. The van der Waals surface area contributed by atoms with Gasteiger partial charge in [0.1, 0.15) is 0 Å². The van der Waals surface area contributed by atoms with Gasteiger partial charge in [0.2, 0.25) is 0 Å². The third-order valence-corrected chi connectivity index (χ3v) is 11.4. The maximum absolute atomic E-state index is 5.32. The van der Waals surface area contributed by atoms with Crippen molar-refractivity contribution < 1.29 is 0 Å². The predicted molar refractivity (Wildman–Crippen MR) is 248 cm³/mol. The lowest BCUT2D eigenvalue weighted by Gasteiger charge is -2.15. The van der Waals surface area contributed by atoms with Crippen molar-refractivity contribution in [2.45, 2.75) is 0 Å². The minimum absolute atomic E-state index is 0.610. The highest BCUT2D eigenvalue weighted by Gasteiger charge is 2.18. The van der Waals surface area contributed by atoms with Crippen LogP contribution in [0.5, 0.6) is 0 Å². The van der Waals surface area contributed by atoms with Gasteiger partial charge in [-0.05, 0) is 84.4 Å². The van der Waals surface area contributed by atoms with E-state index in [1.54, 1.807) is 0 Å². The Morgan fingerprint density at radius 3 is 1.32 bits per heavy atom. The third kappa shape index (κ3) is 6.47. The van der Waals surface area contributed by atoms with Gasteiger partial charge in [0, 0.05) is 34.0 Å². The van der Waals surface area contributed by atoms with Crippen LogP contribution in [-0.4, -0.2) is 19.9 Å². The van der Waals surface area contributed by atoms with E-state index in [1.807, 2.05) is 18.3 Å². The fourth-order valence-corrected chi connectivity index (χ4v) is 8.45. The number of aromatic nitrogens is 4. The molecule has 0 saturated heterocycles. The lowest BCUT2D eigenvalue weighted by molar-refractivity contribution is 1.08. The summed E-state index contributed by atoms with van der Waals surface area (Å²) in [5.41, 5.74) is 11.5. The van der Waals surface area contributed by atoms with Gasteiger partial charge >= 0.3 is 0 Å². The molecule has 0 atom stereocenters. The number of rotatable bonds is 7. The number of hydrogen-bond acceptors (Lipinski definition) is 4. The Bertz CT molecular complexity index is 3260. The van der Waals surface area contributed by atoms with Crippen molar-refractivity contribution in [3.05, 3.63) is 219 Å². The molecule has 0 spiro atoms. The molecule has 0 aliphatic heterocycles. The predicted octanol–water partition coefficient (Wildman–Crippen LogP) is 14.4. The van der Waals surface area contributed by atoms with E-state index < -0.39 is 0 Å². The zero-order valence-electron chi connectivity index (χ0n) is 32.6. The van der Waals surface area contributed by atoms with Crippen molar-refractivity contribution in [1.82, 2.24) is 19.9 Å². The van der Waals surface area contributed by atoms with Gasteiger partial charge in [-0.25, -0.2) is 15.0 Å². The monoisotopic (exact) mass is 764 g/mol. The van der Waals surface area contributed by atoms with Crippen molar-refractivity contribution in [2.75, 3.05) is 0 Å². The average Bonchev–Trinajstić information content (AvgIpc) is 3.33. The Morgan fingerprint density at radius 1 is 0.250 bits per heavy atom. The number of pyridine rings is 1. The molecular weight excluding hydrogens is 729 g/mol. The molecule has 60 heavy (non-hydrogen) atoms. The topological polar surface area (TPSA) is 51.6 Å². The van der Waals surface area contributed by atoms with E-state index in [0.29, 0.717) is 17.5 Å². The maximum atomic E-state index is 5.32. The van der Waals surface area contributed by atoms with Crippen molar-refractivity contribution in [1.29, 1.82) is 0 Å². The van der Waals surface area contributed by atoms with Crippen molar-refractivity contribution in [3.8, 4) is 78.8 Å². The number of fused-ring (bicyclic) bond motifs is 3. The standard InChI is InChI=1S/C56H36N4/c1-2-17-42(18-3-1)53-50(28-13-33-57-53)41-31-29-37(30-32-41)43-34-44(49-25-10-19-38-14-4-7-22-46(38)49)36-45(35-43)54-58-55(51-26-11-20-39-15-5-8-23-47(39)51)60-56(59-54)52-27-12-21-40-16-6-9-24-48(40)52/h1-36H. The first-order valence-electron chi connectivity index (χ1n) is 20.2. The number of benzene rings is 9. The van der Waals surface area contributed by atoms with Gasteiger partial charge < -0.3 is 0 Å². The van der Waals surface area contributed by atoms with Crippen LogP contribution >= 0.6 is 0 Å². The molecule has 0 N–H and O–H groups in total. The Morgan fingerprint density at radius 2 is 0.700 bits per heavy atom. The van der Waals surface area contributed by atoms with E-state index in [-0.39, 0.29) is 0 Å². The van der Waals surface area contributed by atoms with E-state index >= 15 is 0 Å². The van der Waals surface area contributed by atoms with E-state index in [0.717, 1.165) is 82.9 Å². The lowest BCUT2D eigenvalue weighted by atomic mass is 9.92. The van der Waals surface area contributed by atoms with Crippen LogP contribution in [0.25, 0.3) is 111 Å². The van der Waals surface area contributed by atoms with Gasteiger partial charge in [-0.2, -0.15) is 0 Å². The highest BCUT2D eigenvalue weighted by atomic mass is 15.0. The molecule has 280 valence electrons. The van der Waals surface area contributed by atoms with Crippen LogP contribution in [0, 0.1) is 0 Å². The summed E-state index contributed by atoms with van der Waals surface area (Å²) < 4.78 is 0. The summed E-state index contributed by atoms with van der Waals surface area (Å²) in [4.78, 5) is 20.7. The molecule has 4 nitrogen and oxygen atoms in total. The van der Waals surface area contributed by atoms with Crippen molar-refractivity contribution in [3.63, 3.8) is 0 Å². The fraction of sp³-hybridized carbons (Fsp3) is 0. The molecule has 0 fully saturated rings. The molecular formula is C56H36N4. The van der Waals surface area contributed by atoms with Crippen LogP contribution in [0.2, 0.25) is 0 Å². The van der Waals surface area contributed by atoms with Gasteiger partial charge in [-0.1, -0.05) is 188 Å². The molecule has 0 saturated carbocycles. The van der Waals surface area contributed by atoms with Gasteiger partial charge in [0.25, 0.3) is 0 Å². The van der Waals surface area contributed by atoms with Crippen LogP contribution in [0.1, 0.15) is 0 Å². The van der Waals surface area contributed by atoms with Crippen LogP contribution in [0.3, 0.4) is 0 Å². The Labute approximate surface area is 348 Å². The Kier molecular flexibility index (Phi) is 8.79. The molecule has 4 heteroatoms. The molecule has 0 unspecified atom stereocenters. The van der Waals surface area contributed by atoms with Crippen LogP contribution < -0.4 is 0 Å². The zero-order valence-corrected chi connectivity index (χ0v) is 32.6. The van der Waals surface area contributed by atoms with Gasteiger partial charge in [0.05, 0.1) is 5.69 Å². The molecule has 0 aliphatic carbocycles. The molecule has 0 aliphatic rings. The second-order valence-electron chi connectivity index (χ2n) is 15.0. The SMILES string of the molecule is c1ccc(-c2ncccc2-c2ccc(-c3cc(-c4nc(-c5cccc6ccccc56)nc(-c5cccc6ccccc56)n4)cc(-c4cccc5ccccc45)c3)cc2)cc1. The molecule has 11 aromatic rings. The third-order valence-electron chi connectivity index (χ3n) is 11.4. The molecule has 2 heterocycles. The highest BCUT2D eigenvalue weighted by Crippen LogP contribution is 2.39. The Hall–Kier alpha value is -8.08. The highest BCUT2D eigenvalue weighted by molar-refractivity contribution is 6.00. The Balaban J connectivity index is 1.12. The fourth-order valence-electron chi connectivity index (χ4n) is 8.45. The van der Waals surface area contributed by atoms with Crippen molar-refractivity contribution >= 4 is 32.3 Å². The summed E-state index contributed by atoms with van der Waals surface area (Å²) in [6.07, 6.45) is 1.86. The molecule has 9 aromatic carbocycles. The zero-order chi connectivity index (χ0) is 39.8. The van der Waals surface area contributed by atoms with Crippen LogP contribution in [0.15, 0.2) is 219 Å².